The fourth-order valence-corrected chi connectivity index (χ4v) is 3.46. The topological polar surface area (TPSA) is 51.7 Å². The van der Waals surface area contributed by atoms with Crippen molar-refractivity contribution in [1.29, 1.82) is 0 Å². The molecule has 2 aliphatic rings. The molecule has 0 unspecified atom stereocenters. The van der Waals surface area contributed by atoms with Crippen molar-refractivity contribution in [2.24, 2.45) is 0 Å². The number of nitrogens with zero attached hydrogens (tertiary/aromatic N) is 2. The third-order valence-electron chi connectivity index (χ3n) is 3.78. The van der Waals surface area contributed by atoms with E-state index in [0.29, 0.717) is 18.0 Å². The molecular formula is C12H16N2O3S. The van der Waals surface area contributed by atoms with Crippen LogP contribution in [0, 0.1) is 0 Å². The summed E-state index contributed by atoms with van der Waals surface area (Å²) in [4.78, 5) is 18.8. The van der Waals surface area contributed by atoms with Gasteiger partial charge in [-0.15, -0.1) is 11.3 Å². The van der Waals surface area contributed by atoms with Crippen LogP contribution in [-0.4, -0.2) is 54.3 Å². The molecule has 0 N–H and O–H groups in total. The number of ether oxygens (including phenoxy) is 2. The fourth-order valence-electron chi connectivity index (χ4n) is 2.87. The Hall–Kier alpha value is -0.980. The monoisotopic (exact) mass is 268 g/mol. The second-order valence-corrected chi connectivity index (χ2v) is 5.68. The molecule has 6 heteroatoms. The number of carbonyl (C=O) groups excluding carboxylic acids is 1. The largest absolute Gasteiger partial charge is 0.377 e. The second kappa shape index (κ2) is 4.60. The van der Waals surface area contributed by atoms with E-state index in [-0.39, 0.29) is 17.6 Å². The van der Waals surface area contributed by atoms with E-state index in [9.17, 15) is 4.79 Å². The van der Waals surface area contributed by atoms with Gasteiger partial charge >= 0.3 is 0 Å². The fraction of sp³-hybridized carbons (Fsp3) is 0.667. The Morgan fingerprint density at radius 3 is 3.22 bits per heavy atom. The molecule has 1 spiro atoms. The molecule has 2 aliphatic heterocycles. The van der Waals surface area contributed by atoms with Gasteiger partial charge in [0.2, 0.25) is 0 Å². The highest BCUT2D eigenvalue weighted by molar-refractivity contribution is 7.11. The van der Waals surface area contributed by atoms with E-state index in [2.05, 4.69) is 4.98 Å². The molecule has 0 aliphatic carbocycles. The molecule has 0 saturated carbocycles. The molecule has 3 rings (SSSR count). The second-order valence-electron chi connectivity index (χ2n) is 4.79. The van der Waals surface area contributed by atoms with E-state index < -0.39 is 0 Å². The molecule has 2 saturated heterocycles. The summed E-state index contributed by atoms with van der Waals surface area (Å²) in [5.41, 5.74) is 1.40. The number of rotatable bonds is 2. The standard InChI is InChI=1S/C12H16N2O3S/c1-16-10-6-14(7-12(10)3-2-4-17-12)11(15)9-5-13-8-18-9/h5,8,10H,2-4,6-7H2,1H3/t10-,12-/m0/s1. The van der Waals surface area contributed by atoms with Gasteiger partial charge in [0.15, 0.2) is 0 Å². The molecule has 0 aromatic carbocycles. The summed E-state index contributed by atoms with van der Waals surface area (Å²) in [6.07, 6.45) is 3.62. The van der Waals surface area contributed by atoms with Crippen molar-refractivity contribution in [3.63, 3.8) is 0 Å². The maximum absolute atomic E-state index is 12.3. The molecule has 98 valence electrons. The maximum atomic E-state index is 12.3. The molecular weight excluding hydrogens is 252 g/mol. The minimum absolute atomic E-state index is 0.0168. The van der Waals surface area contributed by atoms with Gasteiger partial charge in [-0.3, -0.25) is 9.78 Å². The SMILES string of the molecule is CO[C@H]1CN(C(=O)c2cncs2)C[C@@]12CCCO2. The molecule has 0 radical (unpaired) electrons. The lowest BCUT2D eigenvalue weighted by molar-refractivity contribution is -0.0754. The number of likely N-dealkylation sites (tertiary alicyclic amines) is 1. The lowest BCUT2D eigenvalue weighted by Gasteiger charge is -2.27. The lowest BCUT2D eigenvalue weighted by atomic mass is 9.97. The van der Waals surface area contributed by atoms with Crippen LogP contribution in [0.4, 0.5) is 0 Å². The number of methoxy groups -OCH3 is 1. The van der Waals surface area contributed by atoms with E-state index in [1.165, 1.54) is 11.3 Å². The Bertz CT molecular complexity index is 429. The van der Waals surface area contributed by atoms with Crippen LogP contribution in [0.15, 0.2) is 11.7 Å². The number of aromatic nitrogens is 1. The minimum Gasteiger partial charge on any atom is -0.377 e. The summed E-state index contributed by atoms with van der Waals surface area (Å²) in [7, 11) is 1.69. The van der Waals surface area contributed by atoms with Crippen LogP contribution in [-0.2, 0) is 9.47 Å². The highest BCUT2D eigenvalue weighted by Crippen LogP contribution is 2.37. The van der Waals surface area contributed by atoms with Gasteiger partial charge in [-0.2, -0.15) is 0 Å². The summed E-state index contributed by atoms with van der Waals surface area (Å²) in [5, 5.41) is 0. The molecule has 1 aromatic heterocycles. The number of amides is 1. The first-order valence-electron chi connectivity index (χ1n) is 6.10. The van der Waals surface area contributed by atoms with Crippen molar-refractivity contribution in [2.45, 2.75) is 24.5 Å². The smallest absolute Gasteiger partial charge is 0.265 e. The van der Waals surface area contributed by atoms with Gasteiger partial charge in [0, 0.05) is 13.7 Å². The first kappa shape index (κ1) is 12.1. The predicted octanol–water partition coefficient (Wildman–Crippen LogP) is 1.16. The quantitative estimate of drug-likeness (QED) is 0.808. The van der Waals surface area contributed by atoms with E-state index in [4.69, 9.17) is 9.47 Å². The highest BCUT2D eigenvalue weighted by atomic mass is 32.1. The van der Waals surface area contributed by atoms with Gasteiger partial charge in [-0.25, -0.2) is 0 Å². The number of hydrogen-bond acceptors (Lipinski definition) is 5. The van der Waals surface area contributed by atoms with Crippen molar-refractivity contribution in [3.05, 3.63) is 16.6 Å². The molecule has 3 heterocycles. The van der Waals surface area contributed by atoms with Crippen molar-refractivity contribution in [2.75, 3.05) is 26.8 Å². The average molecular weight is 268 g/mol. The van der Waals surface area contributed by atoms with E-state index in [0.717, 1.165) is 19.4 Å². The van der Waals surface area contributed by atoms with Crippen LogP contribution in [0.3, 0.4) is 0 Å². The van der Waals surface area contributed by atoms with Crippen LogP contribution >= 0.6 is 11.3 Å². The van der Waals surface area contributed by atoms with Crippen molar-refractivity contribution in [3.8, 4) is 0 Å². The molecule has 2 atom stereocenters. The summed E-state index contributed by atoms with van der Waals surface area (Å²) in [6, 6.07) is 0. The Morgan fingerprint density at radius 2 is 2.61 bits per heavy atom. The Kier molecular flexibility index (Phi) is 3.09. The van der Waals surface area contributed by atoms with E-state index in [1.54, 1.807) is 18.8 Å². The van der Waals surface area contributed by atoms with E-state index in [1.807, 2.05) is 4.90 Å². The Labute approximate surface area is 110 Å². The van der Waals surface area contributed by atoms with Gasteiger partial charge in [-0.1, -0.05) is 0 Å². The summed E-state index contributed by atoms with van der Waals surface area (Å²) in [6.45, 7) is 2.00. The van der Waals surface area contributed by atoms with Gasteiger partial charge in [-0.05, 0) is 12.8 Å². The molecule has 1 aromatic rings. The molecule has 5 nitrogen and oxygen atoms in total. The zero-order valence-electron chi connectivity index (χ0n) is 10.3. The number of thiazole rings is 1. The average Bonchev–Trinajstić information content (AvgIpc) is 3.10. The summed E-state index contributed by atoms with van der Waals surface area (Å²) < 4.78 is 11.4. The molecule has 0 bridgehead atoms. The van der Waals surface area contributed by atoms with Crippen LogP contribution in [0.2, 0.25) is 0 Å². The molecule has 1 amide bonds. The van der Waals surface area contributed by atoms with Crippen molar-refractivity contribution < 1.29 is 14.3 Å². The van der Waals surface area contributed by atoms with Crippen molar-refractivity contribution >= 4 is 17.2 Å². The summed E-state index contributed by atoms with van der Waals surface area (Å²) >= 11 is 1.37. The van der Waals surface area contributed by atoms with Gasteiger partial charge in [0.25, 0.3) is 5.91 Å². The third-order valence-corrected chi connectivity index (χ3v) is 4.54. The van der Waals surface area contributed by atoms with Crippen LogP contribution < -0.4 is 0 Å². The van der Waals surface area contributed by atoms with Crippen LogP contribution in [0.25, 0.3) is 0 Å². The first-order valence-corrected chi connectivity index (χ1v) is 6.98. The normalized spacial score (nSPS) is 31.4. The zero-order chi connectivity index (χ0) is 12.6. The zero-order valence-corrected chi connectivity index (χ0v) is 11.1. The van der Waals surface area contributed by atoms with Gasteiger partial charge in [0.1, 0.15) is 16.6 Å². The van der Waals surface area contributed by atoms with Gasteiger partial charge < -0.3 is 14.4 Å². The predicted molar refractivity (Wildman–Crippen MR) is 66.7 cm³/mol. The van der Waals surface area contributed by atoms with Crippen molar-refractivity contribution in [1.82, 2.24) is 9.88 Å². The van der Waals surface area contributed by atoms with Gasteiger partial charge in [0.05, 0.1) is 24.8 Å². The Balaban J connectivity index is 1.78. The van der Waals surface area contributed by atoms with E-state index >= 15 is 0 Å². The lowest BCUT2D eigenvalue weighted by Crippen LogP contribution is -2.42. The number of carbonyl (C=O) groups is 1. The number of hydrogen-bond donors (Lipinski definition) is 0. The summed E-state index contributed by atoms with van der Waals surface area (Å²) in [5.74, 6) is 0.0342. The maximum Gasteiger partial charge on any atom is 0.265 e. The minimum atomic E-state index is -0.283. The van der Waals surface area contributed by atoms with Crippen LogP contribution in [0.1, 0.15) is 22.5 Å². The Morgan fingerprint density at radius 1 is 1.72 bits per heavy atom. The third kappa shape index (κ3) is 1.84. The first-order chi connectivity index (χ1) is 8.75. The molecule has 2 fully saturated rings. The highest BCUT2D eigenvalue weighted by Gasteiger charge is 2.51. The molecule has 18 heavy (non-hydrogen) atoms. The van der Waals surface area contributed by atoms with Crippen LogP contribution in [0.5, 0.6) is 0 Å².